The van der Waals surface area contributed by atoms with Crippen molar-refractivity contribution in [3.8, 4) is 17.1 Å². The number of hydrogen-bond acceptors (Lipinski definition) is 5. The second-order valence-electron chi connectivity index (χ2n) is 4.64. The van der Waals surface area contributed by atoms with E-state index in [-0.39, 0.29) is 0 Å². The van der Waals surface area contributed by atoms with Gasteiger partial charge >= 0.3 is 6.01 Å². The average Bonchev–Trinajstić information content (AvgIpc) is 3.02. The summed E-state index contributed by atoms with van der Waals surface area (Å²) in [6, 6.07) is 15.4. The molecular weight excluding hydrogens is 302 g/mol. The zero-order chi connectivity index (χ0) is 15.4. The van der Waals surface area contributed by atoms with Crippen LogP contribution in [0.15, 0.2) is 53.1 Å². The third-order valence-electron chi connectivity index (χ3n) is 3.09. The first-order chi connectivity index (χ1) is 10.7. The van der Waals surface area contributed by atoms with Gasteiger partial charge in [-0.2, -0.15) is 4.98 Å². The van der Waals surface area contributed by atoms with Gasteiger partial charge in [-0.3, -0.25) is 0 Å². The maximum Gasteiger partial charge on any atom is 0.322 e. The molecule has 22 heavy (non-hydrogen) atoms. The first-order valence-electron chi connectivity index (χ1n) is 6.71. The predicted octanol–water partition coefficient (Wildman–Crippen LogP) is 4.01. The molecule has 0 aliphatic rings. The SMILES string of the molecule is COc1cccc(CNc2nc(-c3cccc(Cl)c3)no2)c1. The van der Waals surface area contributed by atoms with E-state index in [0.717, 1.165) is 16.9 Å². The number of nitrogens with zero attached hydrogens (tertiary/aromatic N) is 2. The lowest BCUT2D eigenvalue weighted by Crippen LogP contribution is -1.99. The minimum Gasteiger partial charge on any atom is -0.497 e. The van der Waals surface area contributed by atoms with Gasteiger partial charge < -0.3 is 14.6 Å². The quantitative estimate of drug-likeness (QED) is 0.770. The molecule has 3 aromatic rings. The van der Waals surface area contributed by atoms with Crippen LogP contribution in [0.4, 0.5) is 6.01 Å². The van der Waals surface area contributed by atoms with Crippen LogP contribution in [0.5, 0.6) is 5.75 Å². The van der Waals surface area contributed by atoms with E-state index >= 15 is 0 Å². The lowest BCUT2D eigenvalue weighted by atomic mass is 10.2. The van der Waals surface area contributed by atoms with Crippen LogP contribution in [-0.2, 0) is 6.54 Å². The van der Waals surface area contributed by atoms with E-state index in [1.165, 1.54) is 0 Å². The highest BCUT2D eigenvalue weighted by Gasteiger charge is 2.08. The Labute approximate surface area is 132 Å². The van der Waals surface area contributed by atoms with E-state index in [9.17, 15) is 0 Å². The van der Waals surface area contributed by atoms with E-state index in [1.54, 1.807) is 19.2 Å². The van der Waals surface area contributed by atoms with Gasteiger partial charge in [0.05, 0.1) is 7.11 Å². The summed E-state index contributed by atoms with van der Waals surface area (Å²) in [7, 11) is 1.64. The molecule has 0 atom stereocenters. The highest BCUT2D eigenvalue weighted by Crippen LogP contribution is 2.21. The van der Waals surface area contributed by atoms with Gasteiger partial charge in [0, 0.05) is 17.1 Å². The minimum absolute atomic E-state index is 0.359. The Morgan fingerprint density at radius 1 is 1.18 bits per heavy atom. The Kier molecular flexibility index (Phi) is 4.25. The summed E-state index contributed by atoms with van der Waals surface area (Å²) in [6.45, 7) is 0.564. The van der Waals surface area contributed by atoms with Crippen LogP contribution in [-0.4, -0.2) is 17.3 Å². The van der Waals surface area contributed by atoms with Gasteiger partial charge in [0.15, 0.2) is 0 Å². The number of benzene rings is 2. The predicted molar refractivity (Wildman–Crippen MR) is 85.1 cm³/mol. The number of rotatable bonds is 5. The zero-order valence-corrected chi connectivity index (χ0v) is 12.7. The van der Waals surface area contributed by atoms with Gasteiger partial charge in [0.25, 0.3) is 0 Å². The monoisotopic (exact) mass is 315 g/mol. The Hall–Kier alpha value is -2.53. The summed E-state index contributed by atoms with van der Waals surface area (Å²) in [4.78, 5) is 4.30. The topological polar surface area (TPSA) is 60.2 Å². The molecule has 1 heterocycles. The summed E-state index contributed by atoms with van der Waals surface area (Å²) in [5.74, 6) is 1.31. The number of hydrogen-bond donors (Lipinski definition) is 1. The van der Waals surface area contributed by atoms with Crippen molar-refractivity contribution in [3.05, 3.63) is 59.1 Å². The highest BCUT2D eigenvalue weighted by atomic mass is 35.5. The molecule has 2 aromatic carbocycles. The van der Waals surface area contributed by atoms with Crippen LogP contribution in [0, 0.1) is 0 Å². The fourth-order valence-electron chi connectivity index (χ4n) is 2.00. The number of ether oxygens (including phenoxy) is 1. The third-order valence-corrected chi connectivity index (χ3v) is 3.32. The van der Waals surface area contributed by atoms with Crippen LogP contribution in [0.25, 0.3) is 11.4 Å². The number of nitrogens with one attached hydrogen (secondary N) is 1. The first kappa shape index (κ1) is 14.4. The third kappa shape index (κ3) is 3.38. The van der Waals surface area contributed by atoms with Crippen molar-refractivity contribution < 1.29 is 9.26 Å². The largest absolute Gasteiger partial charge is 0.497 e. The van der Waals surface area contributed by atoms with Crippen molar-refractivity contribution >= 4 is 17.6 Å². The van der Waals surface area contributed by atoms with E-state index < -0.39 is 0 Å². The van der Waals surface area contributed by atoms with Crippen molar-refractivity contribution in [1.29, 1.82) is 0 Å². The standard InChI is InChI=1S/C16H14ClN3O2/c1-21-14-7-2-4-11(8-14)10-18-16-19-15(20-22-16)12-5-3-6-13(17)9-12/h2-9H,10H2,1H3,(H,18,19,20). The van der Waals surface area contributed by atoms with Gasteiger partial charge in [-0.15, -0.1) is 0 Å². The van der Waals surface area contributed by atoms with Crippen molar-refractivity contribution in [1.82, 2.24) is 10.1 Å². The van der Waals surface area contributed by atoms with Gasteiger partial charge in [-0.1, -0.05) is 41.0 Å². The number of anilines is 1. The molecule has 112 valence electrons. The maximum atomic E-state index is 5.96. The normalized spacial score (nSPS) is 10.5. The Bertz CT molecular complexity index is 773. The smallest absolute Gasteiger partial charge is 0.322 e. The van der Waals surface area contributed by atoms with Crippen LogP contribution < -0.4 is 10.1 Å². The van der Waals surface area contributed by atoms with Crippen molar-refractivity contribution in [2.45, 2.75) is 6.54 Å². The number of aromatic nitrogens is 2. The van der Waals surface area contributed by atoms with Crippen LogP contribution in [0.3, 0.4) is 0 Å². The summed E-state index contributed by atoms with van der Waals surface area (Å²) >= 11 is 5.96. The van der Waals surface area contributed by atoms with E-state index in [1.807, 2.05) is 36.4 Å². The molecule has 0 saturated heterocycles. The summed E-state index contributed by atoms with van der Waals surface area (Å²) in [6.07, 6.45) is 0. The molecule has 5 nitrogen and oxygen atoms in total. The Morgan fingerprint density at radius 2 is 2.05 bits per heavy atom. The molecule has 0 aliphatic carbocycles. The molecule has 6 heteroatoms. The Morgan fingerprint density at radius 3 is 2.86 bits per heavy atom. The van der Waals surface area contributed by atoms with Crippen molar-refractivity contribution in [2.24, 2.45) is 0 Å². The van der Waals surface area contributed by atoms with E-state index in [2.05, 4.69) is 15.5 Å². The van der Waals surface area contributed by atoms with Gasteiger partial charge in [0.1, 0.15) is 5.75 Å². The molecular formula is C16H14ClN3O2. The highest BCUT2D eigenvalue weighted by molar-refractivity contribution is 6.30. The average molecular weight is 316 g/mol. The van der Waals surface area contributed by atoms with Crippen molar-refractivity contribution in [3.63, 3.8) is 0 Å². The zero-order valence-electron chi connectivity index (χ0n) is 11.9. The second kappa shape index (κ2) is 6.49. The summed E-state index contributed by atoms with van der Waals surface area (Å²) < 4.78 is 10.4. The lowest BCUT2D eigenvalue weighted by molar-refractivity contribution is 0.414. The number of methoxy groups -OCH3 is 1. The number of halogens is 1. The fourth-order valence-corrected chi connectivity index (χ4v) is 2.19. The van der Waals surface area contributed by atoms with E-state index in [4.69, 9.17) is 20.9 Å². The van der Waals surface area contributed by atoms with E-state index in [0.29, 0.717) is 23.4 Å². The molecule has 1 aromatic heterocycles. The summed E-state index contributed by atoms with van der Waals surface area (Å²) in [5.41, 5.74) is 1.87. The lowest BCUT2D eigenvalue weighted by Gasteiger charge is -2.04. The maximum absolute atomic E-state index is 5.96. The molecule has 0 aliphatic heterocycles. The van der Waals surface area contributed by atoms with Crippen LogP contribution in [0.2, 0.25) is 5.02 Å². The first-order valence-corrected chi connectivity index (χ1v) is 7.09. The van der Waals surface area contributed by atoms with Gasteiger partial charge in [-0.25, -0.2) is 0 Å². The molecule has 0 unspecified atom stereocenters. The molecule has 0 saturated carbocycles. The van der Waals surface area contributed by atoms with Gasteiger partial charge in [0.2, 0.25) is 5.82 Å². The van der Waals surface area contributed by atoms with Crippen molar-refractivity contribution in [2.75, 3.05) is 12.4 Å². The fraction of sp³-hybridized carbons (Fsp3) is 0.125. The molecule has 3 rings (SSSR count). The molecule has 0 spiro atoms. The Balaban J connectivity index is 1.69. The van der Waals surface area contributed by atoms with Gasteiger partial charge in [-0.05, 0) is 29.8 Å². The minimum atomic E-state index is 0.359. The second-order valence-corrected chi connectivity index (χ2v) is 5.08. The van der Waals surface area contributed by atoms with Crippen LogP contribution >= 0.6 is 11.6 Å². The van der Waals surface area contributed by atoms with Crippen LogP contribution in [0.1, 0.15) is 5.56 Å². The molecule has 0 radical (unpaired) electrons. The molecule has 0 fully saturated rings. The molecule has 0 amide bonds. The molecule has 1 N–H and O–H groups in total. The molecule has 0 bridgehead atoms. The summed E-state index contributed by atoms with van der Waals surface area (Å²) in [5, 5.41) is 7.66.